The van der Waals surface area contributed by atoms with E-state index in [4.69, 9.17) is 14.2 Å². The summed E-state index contributed by atoms with van der Waals surface area (Å²) in [4.78, 5) is 16.1. The number of methoxy groups -OCH3 is 1. The fourth-order valence-corrected chi connectivity index (χ4v) is 2.32. The number of amides is 1. The van der Waals surface area contributed by atoms with Crippen molar-refractivity contribution in [3.8, 4) is 23.1 Å². The number of nitrogens with one attached hydrogen (secondary N) is 1. The van der Waals surface area contributed by atoms with Gasteiger partial charge in [0, 0.05) is 18.8 Å². The predicted octanol–water partition coefficient (Wildman–Crippen LogP) is 3.58. The van der Waals surface area contributed by atoms with Crippen molar-refractivity contribution in [1.29, 1.82) is 0 Å². The van der Waals surface area contributed by atoms with Crippen molar-refractivity contribution in [3.05, 3.63) is 78.5 Å². The van der Waals surface area contributed by atoms with Gasteiger partial charge in [-0.3, -0.25) is 4.79 Å². The third-order valence-corrected chi connectivity index (χ3v) is 3.68. The molecule has 0 bridgehead atoms. The molecule has 3 aromatic rings. The van der Waals surface area contributed by atoms with Gasteiger partial charge in [-0.2, -0.15) is 0 Å². The van der Waals surface area contributed by atoms with E-state index in [2.05, 4.69) is 10.3 Å². The van der Waals surface area contributed by atoms with Crippen molar-refractivity contribution < 1.29 is 19.0 Å². The molecule has 0 aliphatic rings. The Bertz CT molecular complexity index is 867. The van der Waals surface area contributed by atoms with Gasteiger partial charge in [0.15, 0.2) is 6.61 Å². The van der Waals surface area contributed by atoms with Gasteiger partial charge in [0.1, 0.15) is 17.2 Å². The highest BCUT2D eigenvalue weighted by atomic mass is 16.5. The highest BCUT2D eigenvalue weighted by Gasteiger charge is 2.05. The molecule has 0 radical (unpaired) electrons. The largest absolute Gasteiger partial charge is 0.497 e. The van der Waals surface area contributed by atoms with E-state index in [1.54, 1.807) is 43.6 Å². The molecule has 3 rings (SSSR count). The van der Waals surface area contributed by atoms with E-state index in [9.17, 15) is 4.79 Å². The van der Waals surface area contributed by atoms with Gasteiger partial charge in [-0.25, -0.2) is 4.98 Å². The quantitative estimate of drug-likeness (QED) is 0.662. The van der Waals surface area contributed by atoms with Crippen LogP contribution in [0.4, 0.5) is 0 Å². The van der Waals surface area contributed by atoms with E-state index < -0.39 is 0 Å². The molecule has 1 N–H and O–H groups in total. The smallest absolute Gasteiger partial charge is 0.258 e. The van der Waals surface area contributed by atoms with Gasteiger partial charge in [0.25, 0.3) is 5.91 Å². The standard InChI is InChI=1S/C21H20N2O4/c1-25-17-8-10-18(11-9-17)26-15-20(24)23-14-16-5-4-6-19(13-16)27-21-7-2-3-12-22-21/h2-13H,14-15H2,1H3,(H,23,24). The lowest BCUT2D eigenvalue weighted by molar-refractivity contribution is -0.123. The summed E-state index contributed by atoms with van der Waals surface area (Å²) in [6, 6.07) is 20.0. The van der Waals surface area contributed by atoms with Gasteiger partial charge in [-0.15, -0.1) is 0 Å². The van der Waals surface area contributed by atoms with E-state index in [1.165, 1.54) is 0 Å². The second-order valence-electron chi connectivity index (χ2n) is 5.66. The van der Waals surface area contributed by atoms with Gasteiger partial charge in [0.2, 0.25) is 5.88 Å². The van der Waals surface area contributed by atoms with Crippen LogP contribution in [0.2, 0.25) is 0 Å². The van der Waals surface area contributed by atoms with Gasteiger partial charge < -0.3 is 19.5 Å². The summed E-state index contributed by atoms with van der Waals surface area (Å²) in [6.07, 6.45) is 1.67. The molecule has 27 heavy (non-hydrogen) atoms. The van der Waals surface area contributed by atoms with Crippen LogP contribution in [0, 0.1) is 0 Å². The maximum atomic E-state index is 12.0. The normalized spacial score (nSPS) is 10.1. The number of ether oxygens (including phenoxy) is 3. The number of benzene rings is 2. The number of carbonyl (C=O) groups is 1. The maximum absolute atomic E-state index is 12.0. The van der Waals surface area contributed by atoms with Crippen LogP contribution in [-0.4, -0.2) is 24.6 Å². The third-order valence-electron chi connectivity index (χ3n) is 3.68. The van der Waals surface area contributed by atoms with Crippen molar-refractivity contribution in [2.24, 2.45) is 0 Å². The monoisotopic (exact) mass is 364 g/mol. The van der Waals surface area contributed by atoms with Gasteiger partial charge in [-0.05, 0) is 48.0 Å². The minimum atomic E-state index is -0.207. The molecule has 0 saturated heterocycles. The molecule has 1 amide bonds. The predicted molar refractivity (Wildman–Crippen MR) is 101 cm³/mol. The van der Waals surface area contributed by atoms with Crippen LogP contribution < -0.4 is 19.5 Å². The van der Waals surface area contributed by atoms with Crippen molar-refractivity contribution in [1.82, 2.24) is 10.3 Å². The molecule has 6 heteroatoms. The first-order valence-corrected chi connectivity index (χ1v) is 8.44. The SMILES string of the molecule is COc1ccc(OCC(=O)NCc2cccc(Oc3ccccn3)c2)cc1. The van der Waals surface area contributed by atoms with Crippen LogP contribution in [0.25, 0.3) is 0 Å². The Morgan fingerprint density at radius 3 is 2.52 bits per heavy atom. The number of carbonyl (C=O) groups excluding carboxylic acids is 1. The minimum absolute atomic E-state index is 0.0591. The number of hydrogen-bond donors (Lipinski definition) is 1. The van der Waals surface area contributed by atoms with E-state index in [0.29, 0.717) is 23.9 Å². The number of aromatic nitrogens is 1. The van der Waals surface area contributed by atoms with Gasteiger partial charge >= 0.3 is 0 Å². The number of hydrogen-bond acceptors (Lipinski definition) is 5. The zero-order valence-corrected chi connectivity index (χ0v) is 14.9. The van der Waals surface area contributed by atoms with Gasteiger partial charge in [0.05, 0.1) is 7.11 Å². The highest BCUT2D eigenvalue weighted by Crippen LogP contribution is 2.20. The lowest BCUT2D eigenvalue weighted by Crippen LogP contribution is -2.28. The second kappa shape index (κ2) is 9.24. The summed E-state index contributed by atoms with van der Waals surface area (Å²) in [5.41, 5.74) is 0.918. The zero-order chi connectivity index (χ0) is 18.9. The van der Waals surface area contributed by atoms with E-state index in [0.717, 1.165) is 11.3 Å². The third kappa shape index (κ3) is 5.74. The summed E-state index contributed by atoms with van der Waals surface area (Å²) >= 11 is 0. The summed E-state index contributed by atoms with van der Waals surface area (Å²) in [5.74, 6) is 2.32. The molecule has 0 atom stereocenters. The molecule has 2 aromatic carbocycles. The molecule has 1 heterocycles. The van der Waals surface area contributed by atoms with Gasteiger partial charge in [-0.1, -0.05) is 18.2 Å². The Kier molecular flexibility index (Phi) is 6.25. The Hall–Kier alpha value is -3.54. The summed E-state index contributed by atoms with van der Waals surface area (Å²) in [7, 11) is 1.60. The fourth-order valence-electron chi connectivity index (χ4n) is 2.32. The van der Waals surface area contributed by atoms with E-state index >= 15 is 0 Å². The first-order valence-electron chi connectivity index (χ1n) is 8.44. The molecule has 0 aliphatic carbocycles. The minimum Gasteiger partial charge on any atom is -0.497 e. The number of pyridine rings is 1. The Balaban J connectivity index is 1.47. The van der Waals surface area contributed by atoms with Crippen molar-refractivity contribution in [3.63, 3.8) is 0 Å². The second-order valence-corrected chi connectivity index (χ2v) is 5.66. The van der Waals surface area contributed by atoms with Crippen molar-refractivity contribution >= 4 is 5.91 Å². The lowest BCUT2D eigenvalue weighted by Gasteiger charge is -2.09. The molecular formula is C21H20N2O4. The average molecular weight is 364 g/mol. The van der Waals surface area contributed by atoms with Crippen molar-refractivity contribution in [2.75, 3.05) is 13.7 Å². The molecule has 0 aliphatic heterocycles. The van der Waals surface area contributed by atoms with Crippen LogP contribution in [0.3, 0.4) is 0 Å². The Labute approximate surface area is 157 Å². The van der Waals surface area contributed by atoms with E-state index in [-0.39, 0.29) is 12.5 Å². The molecule has 0 unspecified atom stereocenters. The maximum Gasteiger partial charge on any atom is 0.258 e. The van der Waals surface area contributed by atoms with Crippen LogP contribution in [-0.2, 0) is 11.3 Å². The highest BCUT2D eigenvalue weighted by molar-refractivity contribution is 5.77. The molecular weight excluding hydrogens is 344 g/mol. The topological polar surface area (TPSA) is 69.7 Å². The molecule has 1 aromatic heterocycles. The first-order chi connectivity index (χ1) is 13.2. The molecule has 0 saturated carbocycles. The Morgan fingerprint density at radius 1 is 0.963 bits per heavy atom. The van der Waals surface area contributed by atoms with E-state index in [1.807, 2.05) is 36.4 Å². The van der Waals surface area contributed by atoms with Crippen molar-refractivity contribution in [2.45, 2.75) is 6.54 Å². The molecule has 138 valence electrons. The molecule has 0 spiro atoms. The van der Waals surface area contributed by atoms with Crippen LogP contribution in [0.1, 0.15) is 5.56 Å². The number of nitrogens with zero attached hydrogens (tertiary/aromatic N) is 1. The number of rotatable bonds is 8. The molecule has 6 nitrogen and oxygen atoms in total. The molecule has 0 fully saturated rings. The first kappa shape index (κ1) is 18.3. The fraction of sp³-hybridized carbons (Fsp3) is 0.143. The van der Waals surface area contributed by atoms with Crippen LogP contribution in [0.15, 0.2) is 72.9 Å². The summed E-state index contributed by atoms with van der Waals surface area (Å²) in [5, 5.41) is 2.82. The summed E-state index contributed by atoms with van der Waals surface area (Å²) < 4.78 is 16.2. The summed E-state index contributed by atoms with van der Waals surface area (Å²) in [6.45, 7) is 0.320. The lowest BCUT2D eigenvalue weighted by atomic mass is 10.2. The Morgan fingerprint density at radius 2 is 1.78 bits per heavy atom. The zero-order valence-electron chi connectivity index (χ0n) is 14.9. The average Bonchev–Trinajstić information content (AvgIpc) is 2.72. The van der Waals surface area contributed by atoms with Crippen LogP contribution >= 0.6 is 0 Å². The van der Waals surface area contributed by atoms with Crippen LogP contribution in [0.5, 0.6) is 23.1 Å².